The van der Waals surface area contributed by atoms with Crippen molar-refractivity contribution in [2.75, 3.05) is 0 Å². The van der Waals surface area contributed by atoms with Crippen LogP contribution in [0.4, 0.5) is 0 Å². The molecular weight excluding hydrogens is 404 g/mol. The first-order valence-electron chi connectivity index (χ1n) is 6.68. The van der Waals surface area contributed by atoms with Gasteiger partial charge in [0, 0.05) is 8.95 Å². The van der Waals surface area contributed by atoms with Gasteiger partial charge in [0.1, 0.15) is 0 Å². The van der Waals surface area contributed by atoms with E-state index in [-0.39, 0.29) is 5.41 Å². The van der Waals surface area contributed by atoms with E-state index in [0.29, 0.717) is 6.42 Å². The lowest BCUT2D eigenvalue weighted by molar-refractivity contribution is 0.687. The Hall–Kier alpha value is -1.62. The summed E-state index contributed by atoms with van der Waals surface area (Å²) in [6, 6.07) is 19.9. The van der Waals surface area contributed by atoms with Crippen LogP contribution >= 0.6 is 31.9 Å². The highest BCUT2D eigenvalue weighted by atomic mass is 79.9. The van der Waals surface area contributed by atoms with E-state index in [4.69, 9.17) is 10.5 Å². The van der Waals surface area contributed by atoms with Gasteiger partial charge in [-0.3, -0.25) is 0 Å². The molecule has 0 N–H and O–H groups in total. The summed E-state index contributed by atoms with van der Waals surface area (Å²) in [7, 11) is 0. The predicted molar refractivity (Wildman–Crippen MR) is 96.2 cm³/mol. The Balaban J connectivity index is 0.000000224. The number of halogens is 2. The van der Waals surface area contributed by atoms with E-state index in [1.54, 1.807) is 0 Å². The minimum absolute atomic E-state index is 0.388. The average molecular weight is 420 g/mol. The van der Waals surface area contributed by atoms with Crippen LogP contribution in [0.1, 0.15) is 25.0 Å². The van der Waals surface area contributed by atoms with E-state index in [1.807, 2.05) is 62.4 Å². The quantitative estimate of drug-likeness (QED) is 0.620. The van der Waals surface area contributed by atoms with Crippen LogP contribution < -0.4 is 0 Å². The zero-order chi connectivity index (χ0) is 16.6. The fraction of sp³-hybridized carbons (Fsp3) is 0.222. The van der Waals surface area contributed by atoms with Crippen molar-refractivity contribution in [3.05, 3.63) is 68.6 Å². The van der Waals surface area contributed by atoms with Crippen LogP contribution in [0.25, 0.3) is 0 Å². The van der Waals surface area contributed by atoms with Gasteiger partial charge in [-0.15, -0.1) is 0 Å². The highest BCUT2D eigenvalue weighted by Crippen LogP contribution is 2.23. The third-order valence-corrected chi connectivity index (χ3v) is 4.10. The second-order valence-electron chi connectivity index (χ2n) is 5.21. The van der Waals surface area contributed by atoms with E-state index in [9.17, 15) is 0 Å². The van der Waals surface area contributed by atoms with Crippen LogP contribution in [0, 0.1) is 22.7 Å². The standard InChI is InChI=1S/C10H10BrN.C8H6BrN/c1-10(2,7-12)8-3-5-9(11)6-4-8;9-8-3-1-7(2-4-8)5-6-10/h3-6H,1-2H3;1-4H,5H2. The van der Waals surface area contributed by atoms with Crippen molar-refractivity contribution in [3.8, 4) is 12.1 Å². The summed E-state index contributed by atoms with van der Waals surface area (Å²) in [5.74, 6) is 0. The molecular formula is C18H16Br2N2. The number of hydrogen-bond acceptors (Lipinski definition) is 2. The molecule has 22 heavy (non-hydrogen) atoms. The van der Waals surface area contributed by atoms with Crippen LogP contribution in [0.3, 0.4) is 0 Å². The largest absolute Gasteiger partial charge is 0.198 e. The number of rotatable bonds is 2. The molecule has 0 spiro atoms. The molecule has 0 saturated heterocycles. The van der Waals surface area contributed by atoms with Crippen molar-refractivity contribution in [1.82, 2.24) is 0 Å². The Kier molecular flexibility index (Phi) is 7.32. The maximum atomic E-state index is 8.86. The predicted octanol–water partition coefficient (Wildman–Crippen LogP) is 5.77. The van der Waals surface area contributed by atoms with Crippen molar-refractivity contribution < 1.29 is 0 Å². The molecule has 0 fully saturated rings. The summed E-state index contributed by atoms with van der Waals surface area (Å²) in [5.41, 5.74) is 1.72. The fourth-order valence-electron chi connectivity index (χ4n) is 1.62. The molecule has 0 aliphatic heterocycles. The Morgan fingerprint density at radius 3 is 1.73 bits per heavy atom. The van der Waals surface area contributed by atoms with Gasteiger partial charge < -0.3 is 0 Å². The Labute approximate surface area is 148 Å². The van der Waals surface area contributed by atoms with E-state index < -0.39 is 0 Å². The number of nitrogens with zero attached hydrogens (tertiary/aromatic N) is 2. The Morgan fingerprint density at radius 2 is 1.32 bits per heavy atom. The van der Waals surface area contributed by atoms with Gasteiger partial charge in [-0.25, -0.2) is 0 Å². The Morgan fingerprint density at radius 1 is 0.864 bits per heavy atom. The molecule has 0 unspecified atom stereocenters. The summed E-state index contributed by atoms with van der Waals surface area (Å²) < 4.78 is 2.09. The van der Waals surface area contributed by atoms with Gasteiger partial charge in [0.2, 0.25) is 0 Å². The first kappa shape index (κ1) is 18.4. The van der Waals surface area contributed by atoms with Gasteiger partial charge in [-0.2, -0.15) is 10.5 Å². The van der Waals surface area contributed by atoms with Gasteiger partial charge in [-0.05, 0) is 49.2 Å². The maximum absolute atomic E-state index is 8.86. The summed E-state index contributed by atoms with van der Waals surface area (Å²) >= 11 is 6.66. The Bertz CT molecular complexity index is 675. The van der Waals surface area contributed by atoms with Gasteiger partial charge in [0.15, 0.2) is 0 Å². The zero-order valence-corrected chi connectivity index (χ0v) is 15.6. The summed E-state index contributed by atoms with van der Waals surface area (Å²) in [6.07, 6.45) is 0.493. The second kappa shape index (κ2) is 8.73. The van der Waals surface area contributed by atoms with Crippen LogP contribution in [0.15, 0.2) is 57.5 Å². The minimum atomic E-state index is -0.388. The molecule has 2 aromatic carbocycles. The number of hydrogen-bond donors (Lipinski definition) is 0. The van der Waals surface area contributed by atoms with Crippen molar-refractivity contribution in [1.29, 1.82) is 10.5 Å². The van der Waals surface area contributed by atoms with Gasteiger partial charge in [0.05, 0.1) is 24.0 Å². The van der Waals surface area contributed by atoms with Crippen LogP contribution in [0.2, 0.25) is 0 Å². The third kappa shape index (κ3) is 6.02. The molecule has 0 saturated carbocycles. The lowest BCUT2D eigenvalue weighted by atomic mass is 9.87. The second-order valence-corrected chi connectivity index (χ2v) is 7.04. The van der Waals surface area contributed by atoms with Crippen molar-refractivity contribution >= 4 is 31.9 Å². The highest BCUT2D eigenvalue weighted by Gasteiger charge is 2.18. The smallest absolute Gasteiger partial charge is 0.0766 e. The molecule has 0 aliphatic carbocycles. The minimum Gasteiger partial charge on any atom is -0.198 e. The van der Waals surface area contributed by atoms with Gasteiger partial charge in [-0.1, -0.05) is 56.1 Å². The first-order valence-corrected chi connectivity index (χ1v) is 8.26. The molecule has 4 heteroatoms. The molecule has 2 aromatic rings. The summed E-state index contributed by atoms with van der Waals surface area (Å²) in [6.45, 7) is 3.83. The van der Waals surface area contributed by atoms with Gasteiger partial charge >= 0.3 is 0 Å². The van der Waals surface area contributed by atoms with Gasteiger partial charge in [0.25, 0.3) is 0 Å². The molecule has 0 aromatic heterocycles. The monoisotopic (exact) mass is 418 g/mol. The topological polar surface area (TPSA) is 47.6 Å². The lowest BCUT2D eigenvalue weighted by Crippen LogP contribution is -2.13. The number of nitriles is 2. The maximum Gasteiger partial charge on any atom is 0.0766 e. The average Bonchev–Trinajstić information content (AvgIpc) is 2.51. The van der Waals surface area contributed by atoms with Crippen LogP contribution in [0.5, 0.6) is 0 Å². The highest BCUT2D eigenvalue weighted by molar-refractivity contribution is 9.10. The van der Waals surface area contributed by atoms with E-state index >= 15 is 0 Å². The van der Waals surface area contributed by atoms with Crippen LogP contribution in [-0.2, 0) is 11.8 Å². The fourth-order valence-corrected chi connectivity index (χ4v) is 2.15. The normalized spacial score (nSPS) is 9.91. The number of benzene rings is 2. The van der Waals surface area contributed by atoms with E-state index in [0.717, 1.165) is 20.1 Å². The lowest BCUT2D eigenvalue weighted by Gasteiger charge is -2.15. The van der Waals surface area contributed by atoms with Crippen molar-refractivity contribution in [3.63, 3.8) is 0 Å². The summed E-state index contributed by atoms with van der Waals surface area (Å²) in [4.78, 5) is 0. The third-order valence-electron chi connectivity index (χ3n) is 3.04. The van der Waals surface area contributed by atoms with E-state index in [1.165, 1.54) is 0 Å². The van der Waals surface area contributed by atoms with Crippen molar-refractivity contribution in [2.45, 2.75) is 25.7 Å². The molecule has 0 atom stereocenters. The molecule has 0 radical (unpaired) electrons. The van der Waals surface area contributed by atoms with Crippen molar-refractivity contribution in [2.24, 2.45) is 0 Å². The zero-order valence-electron chi connectivity index (χ0n) is 12.5. The molecule has 0 heterocycles. The SMILES string of the molecule is CC(C)(C#N)c1ccc(Br)cc1.N#CCc1ccc(Br)cc1. The first-order chi connectivity index (χ1) is 10.4. The summed E-state index contributed by atoms with van der Waals surface area (Å²) in [5, 5.41) is 17.2. The molecule has 2 rings (SSSR count). The molecule has 0 bridgehead atoms. The molecule has 0 amide bonds. The molecule has 2 nitrogen and oxygen atoms in total. The molecule has 112 valence electrons. The van der Waals surface area contributed by atoms with E-state index in [2.05, 4.69) is 44.0 Å². The molecule has 0 aliphatic rings. The van der Waals surface area contributed by atoms with Crippen LogP contribution in [-0.4, -0.2) is 0 Å².